The molecule has 23 heavy (non-hydrogen) atoms. The molecule has 0 unspecified atom stereocenters. The number of benzene rings is 1. The van der Waals surface area contributed by atoms with Gasteiger partial charge in [-0.3, -0.25) is 4.90 Å². The molecule has 0 spiro atoms. The largest absolute Gasteiger partial charge is 0.465 e. The van der Waals surface area contributed by atoms with Crippen LogP contribution in [0, 0.1) is 6.92 Å². The quantitative estimate of drug-likeness (QED) is 0.808. The summed E-state index contributed by atoms with van der Waals surface area (Å²) >= 11 is 1.48. The van der Waals surface area contributed by atoms with Crippen molar-refractivity contribution in [1.29, 1.82) is 0 Å². The van der Waals surface area contributed by atoms with Crippen LogP contribution in [0.2, 0.25) is 0 Å². The van der Waals surface area contributed by atoms with Crippen molar-refractivity contribution in [3.8, 4) is 0 Å². The van der Waals surface area contributed by atoms with E-state index in [1.54, 1.807) is 21.9 Å². The third-order valence-electron chi connectivity index (χ3n) is 3.68. The molecule has 1 fully saturated rings. The van der Waals surface area contributed by atoms with E-state index in [9.17, 15) is 9.59 Å². The predicted octanol–water partition coefficient (Wildman–Crippen LogP) is 2.68. The topological polar surface area (TPSA) is 62.7 Å². The van der Waals surface area contributed by atoms with Crippen LogP contribution in [0.1, 0.15) is 21.6 Å². The molecule has 6 nitrogen and oxygen atoms in total. The van der Waals surface area contributed by atoms with Gasteiger partial charge in [0.2, 0.25) is 0 Å². The summed E-state index contributed by atoms with van der Waals surface area (Å²) in [7, 11) is 1.36. The summed E-state index contributed by atoms with van der Waals surface area (Å²) < 4.78 is 4.68. The van der Waals surface area contributed by atoms with Crippen molar-refractivity contribution >= 4 is 28.5 Å². The van der Waals surface area contributed by atoms with Crippen LogP contribution in [0.3, 0.4) is 0 Å². The maximum Gasteiger partial charge on any atom is 0.337 e. The highest BCUT2D eigenvalue weighted by Crippen LogP contribution is 2.25. The molecule has 1 aromatic carbocycles. The fourth-order valence-electron chi connectivity index (χ4n) is 2.46. The number of hydrogen-bond donors (Lipinski definition) is 0. The number of carbonyl (C=O) groups is 2. The Bertz CT molecular complexity index is 726. The third-order valence-corrected chi connectivity index (χ3v) is 4.66. The molecule has 0 aliphatic carbocycles. The van der Waals surface area contributed by atoms with Crippen molar-refractivity contribution in [3.63, 3.8) is 0 Å². The number of aryl methyl sites for hydroxylation is 1. The summed E-state index contributed by atoms with van der Waals surface area (Å²) in [5.74, 6) is -0.362. The smallest absolute Gasteiger partial charge is 0.337 e. The maximum atomic E-state index is 12.5. The van der Waals surface area contributed by atoms with E-state index >= 15 is 0 Å². The zero-order chi connectivity index (χ0) is 16.4. The summed E-state index contributed by atoms with van der Waals surface area (Å²) in [5.41, 5.74) is 2.40. The first-order valence-electron chi connectivity index (χ1n) is 7.24. The zero-order valence-corrected chi connectivity index (χ0v) is 13.8. The lowest BCUT2D eigenvalue weighted by Crippen LogP contribution is -2.31. The third kappa shape index (κ3) is 3.19. The molecule has 0 N–H and O–H groups in total. The maximum absolute atomic E-state index is 12.5. The van der Waals surface area contributed by atoms with Gasteiger partial charge in [-0.15, -0.1) is 11.3 Å². The van der Waals surface area contributed by atoms with Gasteiger partial charge in [-0.05, 0) is 24.6 Å². The highest BCUT2D eigenvalue weighted by molar-refractivity contribution is 7.14. The van der Waals surface area contributed by atoms with Crippen LogP contribution in [0.25, 0.3) is 0 Å². The van der Waals surface area contributed by atoms with Crippen LogP contribution in [-0.4, -0.2) is 42.1 Å². The highest BCUT2D eigenvalue weighted by Gasteiger charge is 2.31. The van der Waals surface area contributed by atoms with Crippen LogP contribution in [-0.2, 0) is 11.3 Å². The van der Waals surface area contributed by atoms with Crippen LogP contribution in [0.15, 0.2) is 29.6 Å². The number of thiazole rings is 1. The van der Waals surface area contributed by atoms with Gasteiger partial charge in [-0.25, -0.2) is 14.6 Å². The lowest BCUT2D eigenvalue weighted by atomic mass is 10.1. The number of carbonyl (C=O) groups excluding carboxylic acids is 2. The van der Waals surface area contributed by atoms with Crippen LogP contribution in [0.4, 0.5) is 9.93 Å². The summed E-state index contributed by atoms with van der Waals surface area (Å²) in [5, 5.41) is 2.69. The molecule has 2 heterocycles. The number of hydrogen-bond acceptors (Lipinski definition) is 5. The molecule has 0 saturated carbocycles. The monoisotopic (exact) mass is 331 g/mol. The van der Waals surface area contributed by atoms with Crippen LogP contribution < -0.4 is 4.90 Å². The van der Waals surface area contributed by atoms with Crippen LogP contribution >= 0.6 is 11.3 Å². The molecule has 120 valence electrons. The van der Waals surface area contributed by atoms with Crippen molar-refractivity contribution in [2.45, 2.75) is 13.5 Å². The Morgan fingerprint density at radius 3 is 2.65 bits per heavy atom. The molecule has 1 saturated heterocycles. The first kappa shape index (κ1) is 15.5. The molecular weight excluding hydrogens is 314 g/mol. The first-order valence-corrected chi connectivity index (χ1v) is 8.12. The van der Waals surface area contributed by atoms with E-state index in [1.807, 2.05) is 24.4 Å². The summed E-state index contributed by atoms with van der Waals surface area (Å²) in [6.07, 6.45) is 0. The molecule has 1 aromatic heterocycles. The molecule has 0 radical (unpaired) electrons. The Balaban J connectivity index is 1.67. The lowest BCUT2D eigenvalue weighted by molar-refractivity contribution is 0.0600. The number of aromatic nitrogens is 1. The number of nitrogens with zero attached hydrogens (tertiary/aromatic N) is 3. The molecule has 0 atom stereocenters. The van der Waals surface area contributed by atoms with E-state index in [-0.39, 0.29) is 12.0 Å². The Labute approximate surface area is 138 Å². The summed E-state index contributed by atoms with van der Waals surface area (Å²) in [6, 6.07) is 7.08. The number of amides is 2. The molecule has 7 heteroatoms. The van der Waals surface area contributed by atoms with E-state index in [2.05, 4.69) is 9.72 Å². The van der Waals surface area contributed by atoms with Gasteiger partial charge in [0.15, 0.2) is 5.13 Å². The van der Waals surface area contributed by atoms with Gasteiger partial charge in [-0.1, -0.05) is 12.1 Å². The van der Waals surface area contributed by atoms with E-state index < -0.39 is 0 Å². The number of esters is 1. The van der Waals surface area contributed by atoms with Crippen molar-refractivity contribution in [2.24, 2.45) is 0 Å². The first-order chi connectivity index (χ1) is 11.1. The van der Waals surface area contributed by atoms with Gasteiger partial charge in [0.1, 0.15) is 0 Å². The van der Waals surface area contributed by atoms with E-state index in [4.69, 9.17) is 0 Å². The Morgan fingerprint density at radius 2 is 2.04 bits per heavy atom. The molecule has 2 amide bonds. The van der Waals surface area contributed by atoms with Gasteiger partial charge >= 0.3 is 12.0 Å². The Hall–Kier alpha value is -2.41. The number of anilines is 1. The minimum absolute atomic E-state index is 0.0311. The van der Waals surface area contributed by atoms with Gasteiger partial charge in [0.25, 0.3) is 0 Å². The van der Waals surface area contributed by atoms with Crippen molar-refractivity contribution in [1.82, 2.24) is 9.88 Å². The molecule has 1 aliphatic heterocycles. The number of urea groups is 1. The zero-order valence-electron chi connectivity index (χ0n) is 13.0. The number of rotatable bonds is 4. The fourth-order valence-corrected chi connectivity index (χ4v) is 3.28. The van der Waals surface area contributed by atoms with Gasteiger partial charge in [0, 0.05) is 25.0 Å². The number of methoxy groups -OCH3 is 1. The van der Waals surface area contributed by atoms with Crippen molar-refractivity contribution in [2.75, 3.05) is 25.1 Å². The van der Waals surface area contributed by atoms with Crippen LogP contribution in [0.5, 0.6) is 0 Å². The predicted molar refractivity (Wildman–Crippen MR) is 87.8 cm³/mol. The van der Waals surface area contributed by atoms with Crippen molar-refractivity contribution < 1.29 is 14.3 Å². The second-order valence-corrected chi connectivity index (χ2v) is 6.15. The summed E-state index contributed by atoms with van der Waals surface area (Å²) in [6.45, 7) is 3.74. The highest BCUT2D eigenvalue weighted by atomic mass is 32.1. The molecule has 2 aromatic rings. The Morgan fingerprint density at radius 1 is 1.30 bits per heavy atom. The second-order valence-electron chi connectivity index (χ2n) is 5.32. The van der Waals surface area contributed by atoms with E-state index in [1.165, 1.54) is 18.4 Å². The SMILES string of the molecule is COC(=O)c1ccc(CN2CCN(c3nc(C)cs3)C2=O)cc1. The van der Waals surface area contributed by atoms with Gasteiger partial charge < -0.3 is 9.64 Å². The van der Waals surface area contributed by atoms with E-state index in [0.717, 1.165) is 16.4 Å². The van der Waals surface area contributed by atoms with Gasteiger partial charge in [0.05, 0.1) is 18.4 Å². The van der Waals surface area contributed by atoms with Gasteiger partial charge in [-0.2, -0.15) is 0 Å². The Kier molecular flexibility index (Phi) is 4.29. The number of ether oxygens (including phenoxy) is 1. The molecule has 3 rings (SSSR count). The lowest BCUT2D eigenvalue weighted by Gasteiger charge is -2.17. The minimum atomic E-state index is -0.362. The summed E-state index contributed by atoms with van der Waals surface area (Å²) in [4.78, 5) is 31.8. The fraction of sp³-hybridized carbons (Fsp3) is 0.312. The second kappa shape index (κ2) is 6.37. The molecule has 1 aliphatic rings. The van der Waals surface area contributed by atoms with Crippen molar-refractivity contribution in [3.05, 3.63) is 46.5 Å². The average molecular weight is 331 g/mol. The molecule has 0 bridgehead atoms. The van der Waals surface area contributed by atoms with E-state index in [0.29, 0.717) is 25.2 Å². The normalized spacial score (nSPS) is 14.4. The standard InChI is InChI=1S/C16H17N3O3S/c1-11-10-23-15(17-11)19-8-7-18(16(19)21)9-12-3-5-13(6-4-12)14(20)22-2/h3-6,10H,7-9H2,1-2H3. The minimum Gasteiger partial charge on any atom is -0.465 e. The average Bonchev–Trinajstić information content (AvgIpc) is 3.14. The molecular formula is C16H17N3O3S.